The topological polar surface area (TPSA) is 48.3 Å². The summed E-state index contributed by atoms with van der Waals surface area (Å²) in [6, 6.07) is 18.0. The van der Waals surface area contributed by atoms with E-state index in [4.69, 9.17) is 4.74 Å². The molecule has 4 aromatic rings. The minimum absolute atomic E-state index is 0.0913. The molecule has 0 bridgehead atoms. The standard InChI is InChI=1S/C25H25N3O2S/c29-25-9-7-19-6-8-20(18-22(19)26-25)30-16-2-1-11-27-12-14-28(15-13-27)23-4-3-5-24-21(23)10-17-31-24/h3-11,17-18H,1-2,12-16H2/p+1. The summed E-state index contributed by atoms with van der Waals surface area (Å²) in [6.07, 6.45) is 4.30. The van der Waals surface area contributed by atoms with Crippen LogP contribution < -0.4 is 15.2 Å². The van der Waals surface area contributed by atoms with Gasteiger partial charge in [-0.2, -0.15) is 0 Å². The van der Waals surface area contributed by atoms with Crippen molar-refractivity contribution < 1.29 is 9.31 Å². The van der Waals surface area contributed by atoms with E-state index >= 15 is 0 Å². The van der Waals surface area contributed by atoms with Crippen LogP contribution in [0, 0.1) is 0 Å². The lowest BCUT2D eigenvalue weighted by Crippen LogP contribution is -2.42. The molecule has 0 aliphatic carbocycles. The first-order valence-corrected chi connectivity index (χ1v) is 11.7. The molecule has 0 saturated carbocycles. The zero-order chi connectivity index (χ0) is 21.0. The Morgan fingerprint density at radius 2 is 1.97 bits per heavy atom. The first kappa shape index (κ1) is 19.8. The SMILES string of the molecule is O=c1ccc2ccc(OCCCC=[N+]3CCN(c4cccc5sccc45)CC3)cc2[nH]1. The fourth-order valence-corrected chi connectivity index (χ4v) is 4.97. The van der Waals surface area contributed by atoms with Crippen LogP contribution in [0.1, 0.15) is 12.8 Å². The summed E-state index contributed by atoms with van der Waals surface area (Å²) in [4.78, 5) is 16.8. The smallest absolute Gasteiger partial charge is 0.248 e. The summed E-state index contributed by atoms with van der Waals surface area (Å²) < 4.78 is 9.68. The monoisotopic (exact) mass is 432 g/mol. The van der Waals surface area contributed by atoms with Crippen molar-refractivity contribution in [3.05, 3.63) is 70.3 Å². The molecule has 0 spiro atoms. The number of anilines is 1. The highest BCUT2D eigenvalue weighted by molar-refractivity contribution is 7.17. The molecule has 6 heteroatoms. The van der Waals surface area contributed by atoms with Crippen LogP contribution in [0.25, 0.3) is 21.0 Å². The first-order valence-electron chi connectivity index (χ1n) is 10.8. The molecule has 0 unspecified atom stereocenters. The van der Waals surface area contributed by atoms with E-state index in [0.717, 1.165) is 55.7 Å². The number of aromatic amines is 1. The van der Waals surface area contributed by atoms with Gasteiger partial charge in [0.15, 0.2) is 13.1 Å². The van der Waals surface area contributed by atoms with Gasteiger partial charge >= 0.3 is 0 Å². The van der Waals surface area contributed by atoms with E-state index in [1.165, 1.54) is 15.8 Å². The summed E-state index contributed by atoms with van der Waals surface area (Å²) in [5.74, 6) is 0.797. The Hall–Kier alpha value is -3.12. The number of nitrogens with zero attached hydrogens (tertiary/aromatic N) is 2. The van der Waals surface area contributed by atoms with Crippen molar-refractivity contribution in [3.8, 4) is 5.75 Å². The van der Waals surface area contributed by atoms with E-state index in [0.29, 0.717) is 6.61 Å². The van der Waals surface area contributed by atoms with E-state index in [1.54, 1.807) is 6.07 Å². The third kappa shape index (κ3) is 4.49. The van der Waals surface area contributed by atoms with Gasteiger partial charge in [0.25, 0.3) is 0 Å². The third-order valence-corrected chi connectivity index (χ3v) is 6.71. The Balaban J connectivity index is 1.10. The average Bonchev–Trinajstić information content (AvgIpc) is 3.28. The number of hydrogen-bond donors (Lipinski definition) is 1. The Bertz CT molecular complexity index is 1280. The highest BCUT2D eigenvalue weighted by Gasteiger charge is 2.20. The lowest BCUT2D eigenvalue weighted by molar-refractivity contribution is -0.526. The van der Waals surface area contributed by atoms with Crippen LogP contribution in [-0.4, -0.2) is 48.6 Å². The zero-order valence-corrected chi connectivity index (χ0v) is 18.2. The van der Waals surface area contributed by atoms with E-state index in [2.05, 4.69) is 50.3 Å². The molecule has 1 saturated heterocycles. The van der Waals surface area contributed by atoms with Crippen molar-refractivity contribution in [2.45, 2.75) is 12.8 Å². The second-order valence-electron chi connectivity index (χ2n) is 7.88. The fraction of sp³-hybridized carbons (Fsp3) is 0.280. The molecule has 3 heterocycles. The molecule has 0 amide bonds. The predicted octanol–water partition coefficient (Wildman–Crippen LogP) is 4.51. The number of benzene rings is 2. The minimum atomic E-state index is -0.0913. The average molecular weight is 433 g/mol. The van der Waals surface area contributed by atoms with E-state index in [9.17, 15) is 4.79 Å². The van der Waals surface area contributed by atoms with Gasteiger partial charge in [0.1, 0.15) is 12.0 Å². The third-order valence-electron chi connectivity index (χ3n) is 5.83. The fourth-order valence-electron chi connectivity index (χ4n) is 4.17. The van der Waals surface area contributed by atoms with Gasteiger partial charge in [-0.25, -0.2) is 4.58 Å². The van der Waals surface area contributed by atoms with Gasteiger partial charge in [0, 0.05) is 34.3 Å². The normalized spacial score (nSPS) is 14.3. The van der Waals surface area contributed by atoms with Gasteiger partial charge < -0.3 is 14.6 Å². The Morgan fingerprint density at radius 1 is 1.10 bits per heavy atom. The molecular weight excluding hydrogens is 406 g/mol. The summed E-state index contributed by atoms with van der Waals surface area (Å²) in [5, 5.41) is 4.56. The van der Waals surface area contributed by atoms with Gasteiger partial charge in [-0.3, -0.25) is 4.79 Å². The van der Waals surface area contributed by atoms with Gasteiger partial charge in [-0.1, -0.05) is 6.07 Å². The lowest BCUT2D eigenvalue weighted by Gasteiger charge is -2.28. The van der Waals surface area contributed by atoms with Gasteiger partial charge in [-0.05, 0) is 53.6 Å². The molecule has 0 atom stereocenters. The van der Waals surface area contributed by atoms with E-state index < -0.39 is 0 Å². The molecule has 31 heavy (non-hydrogen) atoms. The number of piperazine rings is 1. The number of thiophene rings is 1. The maximum absolute atomic E-state index is 11.5. The molecule has 1 aliphatic heterocycles. The molecule has 2 aromatic carbocycles. The summed E-state index contributed by atoms with van der Waals surface area (Å²) in [5.41, 5.74) is 2.09. The van der Waals surface area contributed by atoms with Crippen molar-refractivity contribution in [2.24, 2.45) is 0 Å². The Labute approximate surface area is 185 Å². The molecule has 1 N–H and O–H groups in total. The highest BCUT2D eigenvalue weighted by Crippen LogP contribution is 2.30. The number of nitrogens with one attached hydrogen (secondary N) is 1. The van der Waals surface area contributed by atoms with E-state index in [1.807, 2.05) is 35.6 Å². The maximum atomic E-state index is 11.5. The van der Waals surface area contributed by atoms with Crippen LogP contribution in [0.4, 0.5) is 5.69 Å². The molecule has 1 fully saturated rings. The molecule has 5 nitrogen and oxygen atoms in total. The van der Waals surface area contributed by atoms with Crippen LogP contribution >= 0.6 is 11.3 Å². The van der Waals surface area contributed by atoms with E-state index in [-0.39, 0.29) is 5.56 Å². The molecular formula is C25H26N3O2S+. The number of ether oxygens (including phenoxy) is 1. The van der Waals surface area contributed by atoms with Crippen LogP contribution in [0.5, 0.6) is 5.75 Å². The second-order valence-corrected chi connectivity index (χ2v) is 8.83. The summed E-state index contributed by atoms with van der Waals surface area (Å²) in [6.45, 7) is 4.88. The van der Waals surface area contributed by atoms with Crippen molar-refractivity contribution in [1.29, 1.82) is 0 Å². The van der Waals surface area contributed by atoms with Crippen molar-refractivity contribution in [1.82, 2.24) is 4.98 Å². The Morgan fingerprint density at radius 3 is 2.87 bits per heavy atom. The molecule has 1 aliphatic rings. The van der Waals surface area contributed by atoms with Crippen LogP contribution in [0.3, 0.4) is 0 Å². The second kappa shape index (κ2) is 8.94. The number of H-pyrrole nitrogens is 1. The molecule has 5 rings (SSSR count). The van der Waals surface area contributed by atoms with Gasteiger partial charge in [0.2, 0.25) is 5.56 Å². The number of hydrogen-bond acceptors (Lipinski definition) is 4. The van der Waals surface area contributed by atoms with Crippen LogP contribution in [0.2, 0.25) is 0 Å². The molecule has 0 radical (unpaired) electrons. The van der Waals surface area contributed by atoms with Gasteiger partial charge in [-0.15, -0.1) is 11.3 Å². The largest absolute Gasteiger partial charge is 0.494 e. The number of pyridine rings is 1. The summed E-state index contributed by atoms with van der Waals surface area (Å²) in [7, 11) is 0. The van der Waals surface area contributed by atoms with Crippen molar-refractivity contribution in [2.75, 3.05) is 37.7 Å². The first-order chi connectivity index (χ1) is 15.3. The lowest BCUT2D eigenvalue weighted by atomic mass is 10.2. The number of aromatic nitrogens is 1. The van der Waals surface area contributed by atoms with Crippen molar-refractivity contribution >= 4 is 44.2 Å². The maximum Gasteiger partial charge on any atom is 0.248 e. The number of fused-ring (bicyclic) bond motifs is 2. The number of unbranched alkanes of at least 4 members (excludes halogenated alkanes) is 1. The predicted molar refractivity (Wildman–Crippen MR) is 129 cm³/mol. The molecule has 2 aromatic heterocycles. The summed E-state index contributed by atoms with van der Waals surface area (Å²) >= 11 is 1.81. The minimum Gasteiger partial charge on any atom is -0.494 e. The van der Waals surface area contributed by atoms with Crippen molar-refractivity contribution in [3.63, 3.8) is 0 Å². The van der Waals surface area contributed by atoms with Crippen LogP contribution in [0.15, 0.2) is 64.8 Å². The quantitative estimate of drug-likeness (QED) is 0.360. The molecule has 158 valence electrons. The Kier molecular flexibility index (Phi) is 5.71. The van der Waals surface area contributed by atoms with Gasteiger partial charge in [0.05, 0.1) is 25.2 Å². The van der Waals surface area contributed by atoms with Crippen LogP contribution in [-0.2, 0) is 0 Å². The number of rotatable bonds is 6. The zero-order valence-electron chi connectivity index (χ0n) is 17.4. The highest BCUT2D eigenvalue weighted by atomic mass is 32.1.